The Labute approximate surface area is 167 Å². The molecule has 0 bridgehead atoms. The van der Waals surface area contributed by atoms with Crippen LogP contribution in [-0.2, 0) is 10.1 Å². The summed E-state index contributed by atoms with van der Waals surface area (Å²) in [7, 11) is -4.06. The second-order valence-electron chi connectivity index (χ2n) is 7.87. The molecule has 5 nitrogen and oxygen atoms in total. The molecule has 0 saturated carbocycles. The van der Waals surface area contributed by atoms with Crippen molar-refractivity contribution in [3.05, 3.63) is 12.4 Å². The molecule has 0 aliphatic carbocycles. The Morgan fingerprint density at radius 3 is 1.93 bits per heavy atom. The van der Waals surface area contributed by atoms with Gasteiger partial charge < -0.3 is 4.55 Å². The molecule has 1 aliphatic rings. The predicted molar refractivity (Wildman–Crippen MR) is 111 cm³/mol. The van der Waals surface area contributed by atoms with Gasteiger partial charge in [-0.1, -0.05) is 71.1 Å². The summed E-state index contributed by atoms with van der Waals surface area (Å²) in [5.74, 6) is -0.243. The van der Waals surface area contributed by atoms with Crippen molar-refractivity contribution in [2.75, 3.05) is 18.8 Å². The molecule has 0 saturated heterocycles. The molecule has 6 heteroatoms. The third-order valence-electron chi connectivity index (χ3n) is 5.19. The van der Waals surface area contributed by atoms with Crippen molar-refractivity contribution in [2.45, 2.75) is 96.8 Å². The number of hydrogen-bond donors (Lipinski definition) is 1. The van der Waals surface area contributed by atoms with Crippen LogP contribution < -0.4 is 4.90 Å². The summed E-state index contributed by atoms with van der Waals surface area (Å²) in [5.41, 5.74) is 0. The molecule has 1 atom stereocenters. The summed E-state index contributed by atoms with van der Waals surface area (Å²) in [6.45, 7) is 4.18. The van der Waals surface area contributed by atoms with Gasteiger partial charge >= 0.3 is 6.34 Å². The second kappa shape index (κ2) is 15.2. The van der Waals surface area contributed by atoms with Gasteiger partial charge in [0.25, 0.3) is 0 Å². The van der Waals surface area contributed by atoms with E-state index >= 15 is 0 Å². The summed E-state index contributed by atoms with van der Waals surface area (Å²) in [6, 6.07) is 0. The highest BCUT2D eigenvalue weighted by molar-refractivity contribution is 7.85. The molecular weight excluding hydrogens is 360 g/mol. The summed E-state index contributed by atoms with van der Waals surface area (Å²) in [6.07, 6.45) is 24.0. The number of nitrogens with one attached hydrogen (secondary N) is 1. The van der Waals surface area contributed by atoms with Gasteiger partial charge in [0.1, 0.15) is 0 Å². The van der Waals surface area contributed by atoms with Crippen LogP contribution in [0.1, 0.15) is 96.8 Å². The average Bonchev–Trinajstić information content (AvgIpc) is 3.07. The van der Waals surface area contributed by atoms with Gasteiger partial charge in [-0.3, -0.25) is 0 Å². The van der Waals surface area contributed by atoms with Crippen molar-refractivity contribution in [1.82, 2.24) is 0 Å². The molecule has 27 heavy (non-hydrogen) atoms. The van der Waals surface area contributed by atoms with Crippen LogP contribution in [-0.4, -0.2) is 42.7 Å². The Morgan fingerprint density at radius 2 is 1.37 bits per heavy atom. The van der Waals surface area contributed by atoms with E-state index in [9.17, 15) is 13.0 Å². The fraction of sp³-hybridized carbons (Fsp3) is 0.857. The molecule has 0 aromatic carbocycles. The maximum absolute atomic E-state index is 10.6. The van der Waals surface area contributed by atoms with Gasteiger partial charge in [-0.2, -0.15) is 4.58 Å². The molecule has 0 aromatic heterocycles. The molecule has 0 radical (unpaired) electrons. The quantitative estimate of drug-likeness (QED) is 0.217. The van der Waals surface area contributed by atoms with E-state index in [1.165, 1.54) is 81.9 Å². The van der Waals surface area contributed by atoms with Crippen LogP contribution in [0.15, 0.2) is 12.4 Å². The van der Waals surface area contributed by atoms with Crippen LogP contribution >= 0.6 is 0 Å². The van der Waals surface area contributed by atoms with Crippen LogP contribution in [0.4, 0.5) is 0 Å². The molecule has 0 amide bonds. The highest BCUT2D eigenvalue weighted by atomic mass is 32.2. The molecule has 1 unspecified atom stereocenters. The lowest BCUT2D eigenvalue weighted by Crippen LogP contribution is -3.06. The third kappa shape index (κ3) is 14.9. The molecule has 158 valence electrons. The fourth-order valence-electron chi connectivity index (χ4n) is 3.52. The van der Waals surface area contributed by atoms with Crippen molar-refractivity contribution in [3.8, 4) is 0 Å². The molecule has 0 aromatic rings. The largest absolute Gasteiger partial charge is 0.748 e. The maximum atomic E-state index is 10.6. The Bertz CT molecular complexity index is 530. The van der Waals surface area contributed by atoms with E-state index in [2.05, 4.69) is 30.2 Å². The fourth-order valence-corrected chi connectivity index (χ4v) is 4.08. The van der Waals surface area contributed by atoms with E-state index in [1.54, 1.807) is 0 Å². The van der Waals surface area contributed by atoms with Crippen molar-refractivity contribution < 1.29 is 22.4 Å². The first-order valence-corrected chi connectivity index (χ1v) is 12.7. The van der Waals surface area contributed by atoms with E-state index in [-0.39, 0.29) is 5.75 Å². The van der Waals surface area contributed by atoms with Gasteiger partial charge in [0, 0.05) is 12.2 Å². The maximum Gasteiger partial charge on any atom is 0.335 e. The summed E-state index contributed by atoms with van der Waals surface area (Å²) in [5, 5.41) is 0. The van der Waals surface area contributed by atoms with Gasteiger partial charge in [0.2, 0.25) is 6.20 Å². The Balaban J connectivity index is 1.90. The highest BCUT2D eigenvalue weighted by Gasteiger charge is 2.16. The minimum atomic E-state index is -4.06. The minimum absolute atomic E-state index is 0.243. The molecule has 1 rings (SSSR count). The molecular formula is C21H41N2O3S+. The van der Waals surface area contributed by atoms with E-state index in [1.807, 2.05) is 0 Å². The van der Waals surface area contributed by atoms with Crippen LogP contribution in [0.2, 0.25) is 0 Å². The van der Waals surface area contributed by atoms with Gasteiger partial charge in [0.15, 0.2) is 12.7 Å². The van der Waals surface area contributed by atoms with E-state index < -0.39 is 10.1 Å². The summed E-state index contributed by atoms with van der Waals surface area (Å²) in [4.78, 5) is 1.23. The van der Waals surface area contributed by atoms with Gasteiger partial charge in [-0.15, -0.1) is 0 Å². The average molecular weight is 402 g/mol. The van der Waals surface area contributed by atoms with E-state index in [4.69, 9.17) is 0 Å². The van der Waals surface area contributed by atoms with Gasteiger partial charge in [-0.25, -0.2) is 13.3 Å². The van der Waals surface area contributed by atoms with Crippen LogP contribution in [0, 0.1) is 0 Å². The molecule has 1 heterocycles. The lowest BCUT2D eigenvalue weighted by atomic mass is 10.1. The van der Waals surface area contributed by atoms with Crippen molar-refractivity contribution in [3.63, 3.8) is 0 Å². The molecule has 1 aliphatic heterocycles. The monoisotopic (exact) mass is 401 g/mol. The van der Waals surface area contributed by atoms with Crippen molar-refractivity contribution in [2.24, 2.45) is 0 Å². The summed E-state index contributed by atoms with van der Waals surface area (Å²) < 4.78 is 34.0. The Kier molecular flexibility index (Phi) is 13.7. The topological polar surface area (TPSA) is 64.7 Å². The Morgan fingerprint density at radius 1 is 0.815 bits per heavy atom. The minimum Gasteiger partial charge on any atom is -0.748 e. The number of unbranched alkanes of at least 4 members (excludes halogenated alkanes) is 12. The lowest BCUT2D eigenvalue weighted by Gasteiger charge is -2.06. The first-order valence-electron chi connectivity index (χ1n) is 11.1. The lowest BCUT2D eigenvalue weighted by molar-refractivity contribution is -0.750. The van der Waals surface area contributed by atoms with Gasteiger partial charge in [-0.05, 0) is 19.3 Å². The molecule has 0 fully saturated rings. The van der Waals surface area contributed by atoms with Crippen LogP contribution in [0.25, 0.3) is 0 Å². The van der Waals surface area contributed by atoms with Crippen molar-refractivity contribution in [1.29, 1.82) is 0 Å². The van der Waals surface area contributed by atoms with Crippen molar-refractivity contribution >= 4 is 16.5 Å². The smallest absolute Gasteiger partial charge is 0.335 e. The SMILES string of the molecule is CCCCCCCCCCCCCC[N+]1=C[NH+](CCCCS(=O)(=O)[O-])C=C1. The zero-order valence-corrected chi connectivity index (χ0v) is 18.1. The zero-order chi connectivity index (χ0) is 19.8. The molecule has 0 spiro atoms. The predicted octanol–water partition coefficient (Wildman–Crippen LogP) is 3.42. The third-order valence-corrected chi connectivity index (χ3v) is 5.98. The molecule has 1 N–H and O–H groups in total. The van der Waals surface area contributed by atoms with Crippen LogP contribution in [0.5, 0.6) is 0 Å². The number of nitrogens with zero attached hydrogens (tertiary/aromatic N) is 1. The first-order chi connectivity index (χ1) is 13.0. The van der Waals surface area contributed by atoms with E-state index in [0.717, 1.165) is 19.5 Å². The standard InChI is InChI=1S/C21H40N2O3S/c1-2-3-4-5-6-7-8-9-10-11-12-13-16-22-18-19-23(21-22)17-14-15-20-27(24,25)26/h18-19,21H,2-17,20H2,1H3/p+1. The number of rotatable bonds is 18. The van der Waals surface area contributed by atoms with Gasteiger partial charge in [0.05, 0.1) is 16.7 Å². The normalized spacial score (nSPS) is 16.8. The zero-order valence-electron chi connectivity index (χ0n) is 17.3. The Hall–Kier alpha value is -0.720. The second-order valence-corrected chi connectivity index (χ2v) is 9.39. The number of hydrogen-bond acceptors (Lipinski definition) is 3. The first kappa shape index (κ1) is 24.3. The highest BCUT2D eigenvalue weighted by Crippen LogP contribution is 2.11. The van der Waals surface area contributed by atoms with E-state index in [0.29, 0.717) is 6.42 Å². The summed E-state index contributed by atoms with van der Waals surface area (Å²) >= 11 is 0. The number of quaternary nitrogens is 1. The van der Waals surface area contributed by atoms with Crippen LogP contribution in [0.3, 0.4) is 0 Å².